The Morgan fingerprint density at radius 2 is 2.21 bits per heavy atom. The lowest BCUT2D eigenvalue weighted by molar-refractivity contribution is 0.415. The third-order valence-corrected chi connectivity index (χ3v) is 3.06. The quantitative estimate of drug-likeness (QED) is 0.782. The SMILES string of the molecule is COc1ccc(NC(C)CCc2ccco2)c(N)c1. The maximum atomic E-state index is 5.97. The number of methoxy groups -OCH3 is 1. The molecule has 0 saturated carbocycles. The number of benzene rings is 1. The van der Waals surface area contributed by atoms with Gasteiger partial charge in [-0.3, -0.25) is 0 Å². The molecule has 2 aromatic rings. The summed E-state index contributed by atoms with van der Waals surface area (Å²) in [6.07, 6.45) is 3.60. The van der Waals surface area contributed by atoms with Crippen molar-refractivity contribution in [2.75, 3.05) is 18.2 Å². The summed E-state index contributed by atoms with van der Waals surface area (Å²) in [6, 6.07) is 9.89. The van der Waals surface area contributed by atoms with E-state index in [1.807, 2.05) is 30.3 Å². The van der Waals surface area contributed by atoms with Crippen molar-refractivity contribution in [1.82, 2.24) is 0 Å². The molecule has 0 radical (unpaired) electrons. The first-order valence-electron chi connectivity index (χ1n) is 6.41. The van der Waals surface area contributed by atoms with Crippen LogP contribution in [0.3, 0.4) is 0 Å². The summed E-state index contributed by atoms with van der Waals surface area (Å²) >= 11 is 0. The third kappa shape index (κ3) is 3.68. The fourth-order valence-electron chi connectivity index (χ4n) is 1.95. The Morgan fingerprint density at radius 1 is 1.37 bits per heavy atom. The molecule has 0 bridgehead atoms. The number of anilines is 2. The number of nitrogens with one attached hydrogen (secondary N) is 1. The van der Waals surface area contributed by atoms with E-state index in [-0.39, 0.29) is 0 Å². The van der Waals surface area contributed by atoms with Crippen LogP contribution in [0.2, 0.25) is 0 Å². The van der Waals surface area contributed by atoms with Gasteiger partial charge in [0.2, 0.25) is 0 Å². The highest BCUT2D eigenvalue weighted by Crippen LogP contribution is 2.25. The van der Waals surface area contributed by atoms with Crippen LogP contribution in [-0.2, 0) is 6.42 Å². The predicted octanol–water partition coefficient (Wildman–Crippen LogP) is 3.30. The van der Waals surface area contributed by atoms with Crippen LogP contribution < -0.4 is 15.8 Å². The molecule has 102 valence electrons. The van der Waals surface area contributed by atoms with E-state index in [1.165, 1.54) is 0 Å². The number of hydrogen-bond donors (Lipinski definition) is 2. The Bertz CT molecular complexity index is 509. The summed E-state index contributed by atoms with van der Waals surface area (Å²) in [5, 5.41) is 3.40. The van der Waals surface area contributed by atoms with Crippen LogP contribution in [-0.4, -0.2) is 13.2 Å². The highest BCUT2D eigenvalue weighted by atomic mass is 16.5. The van der Waals surface area contributed by atoms with Crippen molar-refractivity contribution in [2.45, 2.75) is 25.8 Å². The molecule has 1 aromatic carbocycles. The average Bonchev–Trinajstić information content (AvgIpc) is 2.92. The van der Waals surface area contributed by atoms with E-state index < -0.39 is 0 Å². The van der Waals surface area contributed by atoms with Crippen LogP contribution in [0, 0.1) is 0 Å². The van der Waals surface area contributed by atoms with Gasteiger partial charge in [-0.1, -0.05) is 0 Å². The van der Waals surface area contributed by atoms with E-state index in [4.69, 9.17) is 14.9 Å². The molecule has 0 saturated heterocycles. The van der Waals surface area contributed by atoms with Gasteiger partial charge in [0.05, 0.1) is 24.7 Å². The van der Waals surface area contributed by atoms with Crippen molar-refractivity contribution in [3.8, 4) is 5.75 Å². The molecule has 1 aromatic heterocycles. The Morgan fingerprint density at radius 3 is 2.84 bits per heavy atom. The molecular weight excluding hydrogens is 240 g/mol. The van der Waals surface area contributed by atoms with Crippen LogP contribution in [0.15, 0.2) is 41.0 Å². The van der Waals surface area contributed by atoms with Gasteiger partial charge in [-0.15, -0.1) is 0 Å². The van der Waals surface area contributed by atoms with Crippen LogP contribution in [0.25, 0.3) is 0 Å². The molecule has 4 heteroatoms. The van der Waals surface area contributed by atoms with Gasteiger partial charge in [-0.05, 0) is 37.6 Å². The molecule has 0 spiro atoms. The summed E-state index contributed by atoms with van der Waals surface area (Å²) in [7, 11) is 1.63. The maximum Gasteiger partial charge on any atom is 0.121 e. The van der Waals surface area contributed by atoms with Crippen LogP contribution in [0.5, 0.6) is 5.75 Å². The van der Waals surface area contributed by atoms with Gasteiger partial charge in [0.25, 0.3) is 0 Å². The van der Waals surface area contributed by atoms with Crippen molar-refractivity contribution in [3.05, 3.63) is 42.4 Å². The van der Waals surface area contributed by atoms with E-state index in [0.29, 0.717) is 11.7 Å². The standard InChI is InChI=1S/C15H20N2O2/c1-11(5-6-12-4-3-9-19-12)17-15-8-7-13(18-2)10-14(15)16/h3-4,7-11,17H,5-6,16H2,1-2H3. The van der Waals surface area contributed by atoms with Gasteiger partial charge in [-0.25, -0.2) is 0 Å². The molecule has 1 heterocycles. The number of rotatable bonds is 6. The summed E-state index contributed by atoms with van der Waals surface area (Å²) < 4.78 is 10.5. The number of ether oxygens (including phenoxy) is 1. The van der Waals surface area contributed by atoms with Crippen LogP contribution >= 0.6 is 0 Å². The largest absolute Gasteiger partial charge is 0.497 e. The molecular formula is C15H20N2O2. The molecule has 19 heavy (non-hydrogen) atoms. The maximum absolute atomic E-state index is 5.97. The second kappa shape index (κ2) is 6.18. The molecule has 0 aliphatic rings. The van der Waals surface area contributed by atoms with Crippen LogP contribution in [0.1, 0.15) is 19.1 Å². The van der Waals surface area contributed by atoms with Gasteiger partial charge in [-0.2, -0.15) is 0 Å². The molecule has 0 aliphatic carbocycles. The second-order valence-corrected chi connectivity index (χ2v) is 4.62. The lowest BCUT2D eigenvalue weighted by Crippen LogP contribution is -2.16. The Balaban J connectivity index is 1.89. The predicted molar refractivity (Wildman–Crippen MR) is 77.5 cm³/mol. The summed E-state index contributed by atoms with van der Waals surface area (Å²) in [6.45, 7) is 2.13. The molecule has 0 aliphatic heterocycles. The first kappa shape index (κ1) is 13.3. The molecule has 0 amide bonds. The van der Waals surface area contributed by atoms with Crippen molar-refractivity contribution in [2.24, 2.45) is 0 Å². The minimum Gasteiger partial charge on any atom is -0.497 e. The van der Waals surface area contributed by atoms with E-state index in [9.17, 15) is 0 Å². The summed E-state index contributed by atoms with van der Waals surface area (Å²) in [4.78, 5) is 0. The Labute approximate surface area is 113 Å². The van der Waals surface area contributed by atoms with Crippen LogP contribution in [0.4, 0.5) is 11.4 Å². The summed E-state index contributed by atoms with van der Waals surface area (Å²) in [5.74, 6) is 1.78. The highest BCUT2D eigenvalue weighted by Gasteiger charge is 2.07. The van der Waals surface area contributed by atoms with Crippen molar-refractivity contribution in [1.29, 1.82) is 0 Å². The monoisotopic (exact) mass is 260 g/mol. The van der Waals surface area contributed by atoms with E-state index in [2.05, 4.69) is 12.2 Å². The Hall–Kier alpha value is -2.10. The molecule has 1 atom stereocenters. The smallest absolute Gasteiger partial charge is 0.121 e. The molecule has 4 nitrogen and oxygen atoms in total. The van der Waals surface area contributed by atoms with Gasteiger partial charge in [0.1, 0.15) is 11.5 Å². The van der Waals surface area contributed by atoms with Gasteiger partial charge >= 0.3 is 0 Å². The lowest BCUT2D eigenvalue weighted by Gasteiger charge is -2.16. The minimum absolute atomic E-state index is 0.320. The van der Waals surface area contributed by atoms with Gasteiger partial charge < -0.3 is 20.2 Å². The van der Waals surface area contributed by atoms with Crippen molar-refractivity contribution in [3.63, 3.8) is 0 Å². The highest BCUT2D eigenvalue weighted by molar-refractivity contribution is 5.68. The zero-order valence-corrected chi connectivity index (χ0v) is 11.3. The first-order valence-corrected chi connectivity index (χ1v) is 6.41. The average molecular weight is 260 g/mol. The first-order chi connectivity index (χ1) is 9.19. The number of hydrogen-bond acceptors (Lipinski definition) is 4. The van der Waals surface area contributed by atoms with Crippen molar-refractivity contribution < 1.29 is 9.15 Å². The lowest BCUT2D eigenvalue weighted by atomic mass is 10.1. The fraction of sp³-hybridized carbons (Fsp3) is 0.333. The zero-order chi connectivity index (χ0) is 13.7. The van der Waals surface area contributed by atoms with Gasteiger partial charge in [0, 0.05) is 18.5 Å². The Kier molecular flexibility index (Phi) is 4.34. The third-order valence-electron chi connectivity index (χ3n) is 3.06. The summed E-state index contributed by atoms with van der Waals surface area (Å²) in [5.41, 5.74) is 7.61. The minimum atomic E-state index is 0.320. The fourth-order valence-corrected chi connectivity index (χ4v) is 1.95. The number of furan rings is 1. The molecule has 2 rings (SSSR count). The van der Waals surface area contributed by atoms with Crippen molar-refractivity contribution >= 4 is 11.4 Å². The second-order valence-electron chi connectivity index (χ2n) is 4.62. The number of aryl methyl sites for hydroxylation is 1. The zero-order valence-electron chi connectivity index (χ0n) is 11.3. The topological polar surface area (TPSA) is 60.4 Å². The van der Waals surface area contributed by atoms with E-state index in [0.717, 1.165) is 30.0 Å². The van der Waals surface area contributed by atoms with Gasteiger partial charge in [0.15, 0.2) is 0 Å². The molecule has 1 unspecified atom stereocenters. The normalized spacial score (nSPS) is 12.1. The molecule has 0 fully saturated rings. The number of nitrogen functional groups attached to an aromatic ring is 1. The number of nitrogens with two attached hydrogens (primary N) is 1. The van der Waals surface area contributed by atoms with E-state index >= 15 is 0 Å². The van der Waals surface area contributed by atoms with E-state index in [1.54, 1.807) is 13.4 Å². The molecule has 3 N–H and O–H groups in total.